The van der Waals surface area contributed by atoms with Gasteiger partial charge in [-0.25, -0.2) is 4.98 Å². The number of likely N-dealkylation sites (N-methyl/N-ethyl adjacent to an activating group) is 1. The number of halogens is 1. The molecule has 1 aliphatic heterocycles. The maximum atomic E-state index is 13.5. The maximum absolute atomic E-state index is 13.5. The molecule has 4 rings (SSSR count). The van der Waals surface area contributed by atoms with E-state index in [0.717, 1.165) is 26.2 Å². The number of nitro benzene ring substituents is 1. The Labute approximate surface area is 202 Å². The van der Waals surface area contributed by atoms with Crippen molar-refractivity contribution in [3.05, 3.63) is 69.4 Å². The average Bonchev–Trinajstić information content (AvgIpc) is 3.28. The first-order chi connectivity index (χ1) is 16.3. The third kappa shape index (κ3) is 5.27. The van der Waals surface area contributed by atoms with Crippen LogP contribution in [0.2, 0.25) is 5.02 Å². The normalized spacial score (nSPS) is 14.5. The predicted molar refractivity (Wildman–Crippen MR) is 130 cm³/mol. The number of hydrogen-bond acceptors (Lipinski definition) is 7. The summed E-state index contributed by atoms with van der Waals surface area (Å²) < 4.78 is 5.99. The van der Waals surface area contributed by atoms with Crippen LogP contribution in [0, 0.1) is 10.1 Å². The van der Waals surface area contributed by atoms with Crippen molar-refractivity contribution in [1.29, 1.82) is 0 Å². The second kappa shape index (κ2) is 10.3. The van der Waals surface area contributed by atoms with E-state index in [4.69, 9.17) is 16.0 Å². The van der Waals surface area contributed by atoms with Crippen LogP contribution in [0.1, 0.15) is 10.5 Å². The first-order valence-electron chi connectivity index (χ1n) is 11.0. The molecule has 178 valence electrons. The number of piperazine rings is 1. The molecule has 9 nitrogen and oxygen atoms in total. The fourth-order valence-corrected chi connectivity index (χ4v) is 3.98. The minimum Gasteiger partial charge on any atom is -0.435 e. The van der Waals surface area contributed by atoms with Gasteiger partial charge in [-0.15, -0.1) is 0 Å². The molecule has 3 aromatic rings. The molecule has 0 bridgehead atoms. The molecule has 0 saturated carbocycles. The number of carbonyl (C=O) groups is 1. The Balaban J connectivity index is 1.67. The second-order valence-electron chi connectivity index (χ2n) is 8.42. The van der Waals surface area contributed by atoms with Gasteiger partial charge in [-0.1, -0.05) is 23.7 Å². The summed E-state index contributed by atoms with van der Waals surface area (Å²) in [6.45, 7) is 4.48. The molecule has 2 heterocycles. The molecule has 1 saturated heterocycles. The topological polar surface area (TPSA) is 96.0 Å². The molecule has 0 spiro atoms. The lowest BCUT2D eigenvalue weighted by molar-refractivity contribution is -0.384. The highest BCUT2D eigenvalue weighted by Gasteiger charge is 2.31. The van der Waals surface area contributed by atoms with Crippen molar-refractivity contribution in [1.82, 2.24) is 19.7 Å². The summed E-state index contributed by atoms with van der Waals surface area (Å²) in [4.78, 5) is 35.4. The SMILES string of the molecule is CN(C)CCN1CCN(C(=O)c2nc(-c3ccc(Cl)cc3)oc2-c2ccccc2[N+](=O)[O-])CC1. The molecule has 0 N–H and O–H groups in total. The van der Waals surface area contributed by atoms with Crippen LogP contribution in [-0.2, 0) is 0 Å². The van der Waals surface area contributed by atoms with E-state index in [1.165, 1.54) is 6.07 Å². The maximum Gasteiger partial charge on any atom is 0.280 e. The Morgan fingerprint density at radius 1 is 1.12 bits per heavy atom. The summed E-state index contributed by atoms with van der Waals surface area (Å²) in [5.41, 5.74) is 0.759. The number of para-hydroxylation sites is 1. The average molecular weight is 484 g/mol. The fourth-order valence-electron chi connectivity index (χ4n) is 3.85. The molecule has 10 heteroatoms. The van der Waals surface area contributed by atoms with Crippen LogP contribution in [0.5, 0.6) is 0 Å². The minimum absolute atomic E-state index is 0.0704. The van der Waals surface area contributed by atoms with Crippen LogP contribution in [0.25, 0.3) is 22.8 Å². The number of aromatic nitrogens is 1. The Bertz CT molecular complexity index is 1170. The van der Waals surface area contributed by atoms with Gasteiger partial charge in [-0.05, 0) is 44.4 Å². The molecule has 0 unspecified atom stereocenters. The van der Waals surface area contributed by atoms with Gasteiger partial charge in [0.25, 0.3) is 11.6 Å². The highest BCUT2D eigenvalue weighted by molar-refractivity contribution is 6.30. The number of carbonyl (C=O) groups excluding carboxylic acids is 1. The molecule has 2 aromatic carbocycles. The van der Waals surface area contributed by atoms with E-state index >= 15 is 0 Å². The van der Waals surface area contributed by atoms with Crippen molar-refractivity contribution in [2.24, 2.45) is 0 Å². The third-order valence-corrected chi connectivity index (χ3v) is 6.04. The van der Waals surface area contributed by atoms with Crippen LogP contribution < -0.4 is 0 Å². The van der Waals surface area contributed by atoms with Gasteiger partial charge in [0.2, 0.25) is 5.89 Å². The Kier molecular flexibility index (Phi) is 7.26. The number of oxazole rings is 1. The second-order valence-corrected chi connectivity index (χ2v) is 8.85. The van der Waals surface area contributed by atoms with Gasteiger partial charge in [0.05, 0.1) is 10.5 Å². The number of nitro groups is 1. The molecule has 34 heavy (non-hydrogen) atoms. The van der Waals surface area contributed by atoms with Gasteiger partial charge in [-0.2, -0.15) is 0 Å². The van der Waals surface area contributed by atoms with Crippen LogP contribution in [0.15, 0.2) is 52.9 Å². The Hall–Kier alpha value is -3.27. The van der Waals surface area contributed by atoms with E-state index in [9.17, 15) is 14.9 Å². The summed E-state index contributed by atoms with van der Waals surface area (Å²) in [5.74, 6) is -0.000511. The van der Waals surface area contributed by atoms with E-state index in [1.54, 1.807) is 47.4 Å². The molecule has 0 radical (unpaired) electrons. The van der Waals surface area contributed by atoms with Crippen molar-refractivity contribution in [2.45, 2.75) is 0 Å². The largest absolute Gasteiger partial charge is 0.435 e. The van der Waals surface area contributed by atoms with Crippen LogP contribution in [0.4, 0.5) is 5.69 Å². The van der Waals surface area contributed by atoms with Crippen molar-refractivity contribution in [2.75, 3.05) is 53.4 Å². The lowest BCUT2D eigenvalue weighted by Crippen LogP contribution is -2.50. The van der Waals surface area contributed by atoms with E-state index in [2.05, 4.69) is 14.8 Å². The van der Waals surface area contributed by atoms with Crippen molar-refractivity contribution in [3.8, 4) is 22.8 Å². The van der Waals surface area contributed by atoms with Crippen LogP contribution >= 0.6 is 11.6 Å². The number of benzene rings is 2. The lowest BCUT2D eigenvalue weighted by atomic mass is 10.1. The third-order valence-electron chi connectivity index (χ3n) is 5.79. The zero-order chi connectivity index (χ0) is 24.2. The van der Waals surface area contributed by atoms with Crippen molar-refractivity contribution >= 4 is 23.2 Å². The highest BCUT2D eigenvalue weighted by atomic mass is 35.5. The van der Waals surface area contributed by atoms with Crippen LogP contribution in [0.3, 0.4) is 0 Å². The summed E-state index contributed by atoms with van der Waals surface area (Å²) in [7, 11) is 4.07. The van der Waals surface area contributed by atoms with Gasteiger partial charge < -0.3 is 14.2 Å². The van der Waals surface area contributed by atoms with E-state index in [1.807, 2.05) is 14.1 Å². The van der Waals surface area contributed by atoms with Gasteiger partial charge >= 0.3 is 0 Å². The predicted octanol–water partition coefficient (Wildman–Crippen LogP) is 3.89. The fraction of sp³-hybridized carbons (Fsp3) is 0.333. The summed E-state index contributed by atoms with van der Waals surface area (Å²) in [6.07, 6.45) is 0. The van der Waals surface area contributed by atoms with Crippen molar-refractivity contribution in [3.63, 3.8) is 0 Å². The summed E-state index contributed by atoms with van der Waals surface area (Å²) in [6, 6.07) is 13.1. The van der Waals surface area contributed by atoms with Gasteiger partial charge in [0.1, 0.15) is 0 Å². The lowest BCUT2D eigenvalue weighted by Gasteiger charge is -2.34. The molecule has 1 aromatic heterocycles. The van der Waals surface area contributed by atoms with E-state index in [-0.39, 0.29) is 34.5 Å². The molecule has 1 aliphatic rings. The van der Waals surface area contributed by atoms with E-state index < -0.39 is 4.92 Å². The smallest absolute Gasteiger partial charge is 0.280 e. The van der Waals surface area contributed by atoms with Gasteiger partial charge in [-0.3, -0.25) is 19.8 Å². The molecule has 1 fully saturated rings. The zero-order valence-electron chi connectivity index (χ0n) is 19.1. The highest BCUT2D eigenvalue weighted by Crippen LogP contribution is 2.36. The zero-order valence-corrected chi connectivity index (χ0v) is 19.9. The number of hydrogen-bond donors (Lipinski definition) is 0. The first-order valence-corrected chi connectivity index (χ1v) is 11.4. The molecular formula is C24H26ClN5O4. The molecule has 1 amide bonds. The number of rotatable bonds is 7. The minimum atomic E-state index is -0.488. The van der Waals surface area contributed by atoms with Gasteiger partial charge in [0, 0.05) is 55.9 Å². The van der Waals surface area contributed by atoms with Gasteiger partial charge in [0.15, 0.2) is 11.5 Å². The Morgan fingerprint density at radius 2 is 1.79 bits per heavy atom. The number of amides is 1. The quantitative estimate of drug-likeness (QED) is 0.371. The first kappa shape index (κ1) is 23.9. The van der Waals surface area contributed by atoms with E-state index in [0.29, 0.717) is 23.7 Å². The monoisotopic (exact) mass is 483 g/mol. The molecule has 0 aliphatic carbocycles. The van der Waals surface area contributed by atoms with Crippen molar-refractivity contribution < 1.29 is 14.1 Å². The standard InChI is InChI=1S/C24H26ClN5O4/c1-27(2)11-12-28-13-15-29(16-14-28)24(31)21-22(19-5-3-4-6-20(19)30(32)33)34-23(26-21)17-7-9-18(25)10-8-17/h3-10H,11-16H2,1-2H3. The van der Waals surface area contributed by atoms with Crippen LogP contribution in [-0.4, -0.2) is 83.9 Å². The Morgan fingerprint density at radius 3 is 2.44 bits per heavy atom. The summed E-state index contributed by atoms with van der Waals surface area (Å²) in [5, 5.41) is 12.2. The number of nitrogens with zero attached hydrogens (tertiary/aromatic N) is 5. The molecular weight excluding hydrogens is 458 g/mol. The molecule has 0 atom stereocenters. The summed E-state index contributed by atoms with van der Waals surface area (Å²) >= 11 is 6.00.